The second-order valence-corrected chi connectivity index (χ2v) is 7.73. The molecular formula is C20H24N4O3. The maximum absolute atomic E-state index is 12.0. The monoisotopic (exact) mass is 368 g/mol. The summed E-state index contributed by atoms with van der Waals surface area (Å²) in [6.07, 6.45) is 3.40. The zero-order valence-electron chi connectivity index (χ0n) is 16.1. The Labute approximate surface area is 159 Å². The molecule has 2 heterocycles. The maximum Gasteiger partial charge on any atom is 0.410 e. The number of hydrogen-bond donors (Lipinski definition) is 0. The lowest BCUT2D eigenvalue weighted by atomic mass is 10.0. The highest BCUT2D eigenvalue weighted by Gasteiger charge is 2.33. The number of amides is 1. The summed E-state index contributed by atoms with van der Waals surface area (Å²) in [4.78, 5) is 13.7. The number of ether oxygens (including phenoxy) is 2. The van der Waals surface area contributed by atoms with Crippen LogP contribution in [0.4, 0.5) is 4.79 Å². The third-order valence-corrected chi connectivity index (χ3v) is 4.35. The minimum Gasteiger partial charge on any atom is -0.497 e. The summed E-state index contributed by atoms with van der Waals surface area (Å²) in [6.45, 7) is 7.62. The molecule has 7 nitrogen and oxygen atoms in total. The van der Waals surface area contributed by atoms with Gasteiger partial charge in [0.05, 0.1) is 24.9 Å². The van der Waals surface area contributed by atoms with Gasteiger partial charge in [-0.2, -0.15) is 10.4 Å². The first-order valence-electron chi connectivity index (χ1n) is 8.88. The molecule has 0 bridgehead atoms. The van der Waals surface area contributed by atoms with E-state index in [1.165, 1.54) is 0 Å². The van der Waals surface area contributed by atoms with Crippen LogP contribution in [0.5, 0.6) is 5.75 Å². The predicted octanol–water partition coefficient (Wildman–Crippen LogP) is 3.30. The van der Waals surface area contributed by atoms with Crippen LogP contribution >= 0.6 is 0 Å². The molecule has 0 saturated carbocycles. The Kier molecular flexibility index (Phi) is 5.08. The average Bonchev–Trinajstić information content (AvgIpc) is 3.04. The third kappa shape index (κ3) is 4.40. The highest BCUT2D eigenvalue weighted by Crippen LogP contribution is 2.28. The number of nitriles is 1. The molecule has 1 aliphatic rings. The van der Waals surface area contributed by atoms with Gasteiger partial charge in [-0.3, -0.25) is 4.68 Å². The topological polar surface area (TPSA) is 80.4 Å². The molecule has 2 aromatic rings. The molecule has 0 aliphatic carbocycles. The van der Waals surface area contributed by atoms with Crippen LogP contribution in [0.1, 0.15) is 26.3 Å². The molecule has 27 heavy (non-hydrogen) atoms. The van der Waals surface area contributed by atoms with E-state index in [1.807, 2.05) is 37.7 Å². The molecule has 1 fully saturated rings. The Morgan fingerprint density at radius 2 is 2.11 bits per heavy atom. The van der Waals surface area contributed by atoms with Crippen LogP contribution in [0.25, 0.3) is 11.1 Å². The van der Waals surface area contributed by atoms with Crippen LogP contribution in [0.3, 0.4) is 0 Å². The van der Waals surface area contributed by atoms with Gasteiger partial charge in [-0.1, -0.05) is 0 Å². The summed E-state index contributed by atoms with van der Waals surface area (Å²) >= 11 is 0. The van der Waals surface area contributed by atoms with Crippen molar-refractivity contribution in [2.24, 2.45) is 5.92 Å². The number of nitrogens with zero attached hydrogens (tertiary/aromatic N) is 4. The van der Waals surface area contributed by atoms with Crippen molar-refractivity contribution in [3.05, 3.63) is 36.2 Å². The van der Waals surface area contributed by atoms with E-state index in [0.29, 0.717) is 36.9 Å². The molecule has 3 rings (SSSR count). The van der Waals surface area contributed by atoms with Crippen molar-refractivity contribution in [3.8, 4) is 22.9 Å². The van der Waals surface area contributed by atoms with E-state index >= 15 is 0 Å². The SMILES string of the molecule is COc1ccc(C#N)c(-c2cnn(CC3CN(C(=O)OC(C)(C)C)C3)c2)c1. The number of benzene rings is 1. The van der Waals surface area contributed by atoms with Gasteiger partial charge in [0.2, 0.25) is 0 Å². The summed E-state index contributed by atoms with van der Waals surface area (Å²) in [6, 6.07) is 7.56. The van der Waals surface area contributed by atoms with E-state index in [1.54, 1.807) is 30.3 Å². The van der Waals surface area contributed by atoms with Gasteiger partial charge in [-0.05, 0) is 39.0 Å². The zero-order valence-corrected chi connectivity index (χ0v) is 16.1. The van der Waals surface area contributed by atoms with Gasteiger partial charge < -0.3 is 14.4 Å². The van der Waals surface area contributed by atoms with Crippen LogP contribution in [-0.4, -0.2) is 46.6 Å². The molecule has 1 aliphatic heterocycles. The number of aromatic nitrogens is 2. The minimum absolute atomic E-state index is 0.269. The smallest absolute Gasteiger partial charge is 0.410 e. The average molecular weight is 368 g/mol. The molecule has 142 valence electrons. The highest BCUT2D eigenvalue weighted by atomic mass is 16.6. The minimum atomic E-state index is -0.478. The van der Waals surface area contributed by atoms with E-state index in [9.17, 15) is 10.1 Å². The van der Waals surface area contributed by atoms with Gasteiger partial charge in [0.1, 0.15) is 11.4 Å². The Bertz CT molecular complexity index is 870. The van der Waals surface area contributed by atoms with Crippen molar-refractivity contribution in [2.75, 3.05) is 20.2 Å². The molecule has 0 radical (unpaired) electrons. The van der Waals surface area contributed by atoms with Crippen molar-refractivity contribution in [2.45, 2.75) is 32.9 Å². The van der Waals surface area contributed by atoms with Crippen molar-refractivity contribution >= 4 is 6.09 Å². The van der Waals surface area contributed by atoms with E-state index in [2.05, 4.69) is 11.2 Å². The Morgan fingerprint density at radius 3 is 2.74 bits per heavy atom. The Morgan fingerprint density at radius 1 is 1.37 bits per heavy atom. The largest absolute Gasteiger partial charge is 0.497 e. The first-order valence-corrected chi connectivity index (χ1v) is 8.88. The summed E-state index contributed by atoms with van der Waals surface area (Å²) in [5, 5.41) is 13.7. The summed E-state index contributed by atoms with van der Waals surface area (Å²) in [5.41, 5.74) is 1.77. The number of likely N-dealkylation sites (tertiary alicyclic amines) is 1. The molecule has 0 atom stereocenters. The van der Waals surface area contributed by atoms with Gasteiger partial charge >= 0.3 is 6.09 Å². The van der Waals surface area contributed by atoms with Crippen molar-refractivity contribution in [3.63, 3.8) is 0 Å². The third-order valence-electron chi connectivity index (χ3n) is 4.35. The van der Waals surface area contributed by atoms with E-state index in [4.69, 9.17) is 9.47 Å². The number of carbonyl (C=O) groups excluding carboxylic acids is 1. The first-order chi connectivity index (χ1) is 12.8. The number of methoxy groups -OCH3 is 1. The lowest BCUT2D eigenvalue weighted by molar-refractivity contribution is -0.00383. The summed E-state index contributed by atoms with van der Waals surface area (Å²) in [7, 11) is 1.60. The number of hydrogen-bond acceptors (Lipinski definition) is 5. The second-order valence-electron chi connectivity index (χ2n) is 7.73. The Hall–Kier alpha value is -3.01. The molecule has 1 aromatic carbocycles. The van der Waals surface area contributed by atoms with Crippen LogP contribution in [0.15, 0.2) is 30.6 Å². The number of rotatable bonds is 4. The molecule has 7 heteroatoms. The maximum atomic E-state index is 12.0. The molecule has 1 amide bonds. The van der Waals surface area contributed by atoms with Gasteiger partial charge in [0, 0.05) is 42.9 Å². The van der Waals surface area contributed by atoms with Crippen molar-refractivity contribution in [1.82, 2.24) is 14.7 Å². The molecule has 0 unspecified atom stereocenters. The van der Waals surface area contributed by atoms with Crippen LogP contribution in [0, 0.1) is 17.2 Å². The van der Waals surface area contributed by atoms with Gasteiger partial charge in [-0.25, -0.2) is 4.79 Å². The fourth-order valence-corrected chi connectivity index (χ4v) is 3.01. The van der Waals surface area contributed by atoms with Gasteiger partial charge in [0.15, 0.2) is 0 Å². The van der Waals surface area contributed by atoms with Crippen LogP contribution in [0.2, 0.25) is 0 Å². The molecule has 1 aromatic heterocycles. The molecule has 1 saturated heterocycles. The fourth-order valence-electron chi connectivity index (χ4n) is 3.01. The van der Waals surface area contributed by atoms with Gasteiger partial charge in [-0.15, -0.1) is 0 Å². The summed E-state index contributed by atoms with van der Waals surface area (Å²) in [5.74, 6) is 1.04. The van der Waals surface area contributed by atoms with Crippen LogP contribution in [-0.2, 0) is 11.3 Å². The van der Waals surface area contributed by atoms with Crippen molar-refractivity contribution in [1.29, 1.82) is 5.26 Å². The quantitative estimate of drug-likeness (QED) is 0.827. The van der Waals surface area contributed by atoms with Crippen molar-refractivity contribution < 1.29 is 14.3 Å². The lowest BCUT2D eigenvalue weighted by Crippen LogP contribution is -2.52. The predicted molar refractivity (Wildman–Crippen MR) is 100 cm³/mol. The summed E-state index contributed by atoms with van der Waals surface area (Å²) < 4.78 is 12.5. The van der Waals surface area contributed by atoms with Crippen LogP contribution < -0.4 is 4.74 Å². The van der Waals surface area contributed by atoms with E-state index < -0.39 is 5.60 Å². The van der Waals surface area contributed by atoms with E-state index in [-0.39, 0.29) is 6.09 Å². The highest BCUT2D eigenvalue weighted by molar-refractivity contribution is 5.71. The zero-order chi connectivity index (χ0) is 19.6. The first kappa shape index (κ1) is 18.8. The lowest BCUT2D eigenvalue weighted by Gasteiger charge is -2.39. The molecule has 0 N–H and O–H groups in total. The standard InChI is InChI=1S/C20H24N4O3/c1-20(2,3)27-19(25)23-10-14(11-23)12-24-13-16(9-22-24)18-7-17(26-4)6-5-15(18)8-21/h5-7,9,13-14H,10-12H2,1-4H3. The normalized spacial score (nSPS) is 14.4. The number of carbonyl (C=O) groups is 1. The van der Waals surface area contributed by atoms with Gasteiger partial charge in [0.25, 0.3) is 0 Å². The van der Waals surface area contributed by atoms with E-state index in [0.717, 1.165) is 11.1 Å². The Balaban J connectivity index is 1.62. The fraction of sp³-hybridized carbons (Fsp3) is 0.450. The molecule has 0 spiro atoms. The second kappa shape index (κ2) is 7.31. The molecular weight excluding hydrogens is 344 g/mol.